The molecule has 0 saturated carbocycles. The summed E-state index contributed by atoms with van der Waals surface area (Å²) in [6, 6.07) is 0.0989. The molecular weight excluding hydrogens is 150 g/mol. The highest BCUT2D eigenvalue weighted by atomic mass is 16.3. The quantitative estimate of drug-likeness (QED) is 0.433. The van der Waals surface area contributed by atoms with E-state index in [-0.39, 0.29) is 6.04 Å². The van der Waals surface area contributed by atoms with Gasteiger partial charge in [0.15, 0.2) is 0 Å². The van der Waals surface area contributed by atoms with E-state index in [1.807, 2.05) is 0 Å². The third-order valence-corrected chi connectivity index (χ3v) is 3.12. The van der Waals surface area contributed by atoms with Gasteiger partial charge in [-0.05, 0) is 44.9 Å². The fraction of sp³-hybridized carbons (Fsp3) is 0.800. The first-order chi connectivity index (χ1) is 5.90. The molecule has 2 aliphatic rings. The molecular formula is C10H15NO. The van der Waals surface area contributed by atoms with Crippen LogP contribution >= 0.6 is 0 Å². The van der Waals surface area contributed by atoms with Crippen molar-refractivity contribution < 1.29 is 0 Å². The zero-order chi connectivity index (χ0) is 8.39. The first kappa shape index (κ1) is 7.96. The van der Waals surface area contributed by atoms with Crippen LogP contribution in [0.5, 0.6) is 0 Å². The van der Waals surface area contributed by atoms with Crippen LogP contribution in [0.1, 0.15) is 44.9 Å². The largest absolute Gasteiger partial charge is 0.151 e. The van der Waals surface area contributed by atoms with Crippen molar-refractivity contribution in [2.45, 2.75) is 51.0 Å². The molecule has 0 aromatic carbocycles. The zero-order valence-electron chi connectivity index (χ0n) is 7.38. The number of allylic oxidation sites excluding steroid dienone is 1. The van der Waals surface area contributed by atoms with Crippen molar-refractivity contribution in [2.75, 3.05) is 0 Å². The van der Waals surface area contributed by atoms with Gasteiger partial charge in [0.2, 0.25) is 0 Å². The SMILES string of the molecule is O=N[C@H]1CCC2=C(CCCC2)C1. The normalized spacial score (nSPS) is 29.8. The Morgan fingerprint density at radius 3 is 2.58 bits per heavy atom. The average Bonchev–Trinajstić information content (AvgIpc) is 2.17. The molecule has 0 aromatic rings. The van der Waals surface area contributed by atoms with E-state index in [4.69, 9.17) is 0 Å². The third-order valence-electron chi connectivity index (χ3n) is 3.12. The first-order valence-corrected chi connectivity index (χ1v) is 4.92. The second kappa shape index (κ2) is 3.38. The van der Waals surface area contributed by atoms with E-state index in [0.717, 1.165) is 19.3 Å². The maximum Gasteiger partial charge on any atom is 0.0959 e. The van der Waals surface area contributed by atoms with Gasteiger partial charge in [0.1, 0.15) is 0 Å². The van der Waals surface area contributed by atoms with E-state index >= 15 is 0 Å². The number of rotatable bonds is 1. The van der Waals surface area contributed by atoms with Gasteiger partial charge in [-0.25, -0.2) is 0 Å². The molecule has 0 spiro atoms. The van der Waals surface area contributed by atoms with Crippen LogP contribution in [0.4, 0.5) is 0 Å². The Morgan fingerprint density at radius 2 is 1.83 bits per heavy atom. The van der Waals surface area contributed by atoms with Crippen molar-refractivity contribution in [2.24, 2.45) is 5.18 Å². The van der Waals surface area contributed by atoms with Gasteiger partial charge in [0, 0.05) is 0 Å². The minimum atomic E-state index is 0.0989. The number of hydrogen-bond donors (Lipinski definition) is 0. The van der Waals surface area contributed by atoms with Crippen molar-refractivity contribution in [1.29, 1.82) is 0 Å². The molecule has 2 nitrogen and oxygen atoms in total. The van der Waals surface area contributed by atoms with Gasteiger partial charge in [-0.1, -0.05) is 16.3 Å². The molecule has 0 N–H and O–H groups in total. The Hall–Kier alpha value is -0.660. The van der Waals surface area contributed by atoms with Gasteiger partial charge >= 0.3 is 0 Å². The summed E-state index contributed by atoms with van der Waals surface area (Å²) < 4.78 is 0. The molecule has 0 bridgehead atoms. The summed E-state index contributed by atoms with van der Waals surface area (Å²) >= 11 is 0. The maximum atomic E-state index is 10.4. The minimum Gasteiger partial charge on any atom is -0.151 e. The molecule has 12 heavy (non-hydrogen) atoms. The van der Waals surface area contributed by atoms with Crippen LogP contribution in [-0.2, 0) is 0 Å². The molecule has 0 heterocycles. The summed E-state index contributed by atoms with van der Waals surface area (Å²) in [5.41, 5.74) is 3.22. The standard InChI is InChI=1S/C10H15NO/c12-11-10-6-5-8-3-1-2-4-9(8)7-10/h10H,1-7H2/t10-/m0/s1. The fourth-order valence-electron chi connectivity index (χ4n) is 2.40. The molecule has 0 aromatic heterocycles. The summed E-state index contributed by atoms with van der Waals surface area (Å²) in [6.45, 7) is 0. The van der Waals surface area contributed by atoms with Gasteiger partial charge in [-0.3, -0.25) is 0 Å². The maximum absolute atomic E-state index is 10.4. The molecule has 0 radical (unpaired) electrons. The lowest BCUT2D eigenvalue weighted by Crippen LogP contribution is -2.15. The average molecular weight is 165 g/mol. The lowest BCUT2D eigenvalue weighted by atomic mass is 9.80. The zero-order valence-corrected chi connectivity index (χ0v) is 7.38. The van der Waals surface area contributed by atoms with Gasteiger partial charge < -0.3 is 0 Å². The van der Waals surface area contributed by atoms with Crippen LogP contribution < -0.4 is 0 Å². The van der Waals surface area contributed by atoms with Crippen molar-refractivity contribution in [1.82, 2.24) is 0 Å². The second-order valence-corrected chi connectivity index (χ2v) is 3.92. The van der Waals surface area contributed by atoms with E-state index in [1.54, 1.807) is 11.1 Å². The number of nitroso groups, excluding NO2 is 1. The Balaban J connectivity index is 2.10. The Kier molecular flexibility index (Phi) is 2.24. The molecule has 2 rings (SSSR count). The summed E-state index contributed by atoms with van der Waals surface area (Å²) in [4.78, 5) is 10.4. The second-order valence-electron chi connectivity index (χ2n) is 3.92. The molecule has 0 amide bonds. The van der Waals surface area contributed by atoms with E-state index in [2.05, 4.69) is 5.18 Å². The van der Waals surface area contributed by atoms with Crippen molar-refractivity contribution in [3.8, 4) is 0 Å². The highest BCUT2D eigenvalue weighted by molar-refractivity contribution is 5.21. The van der Waals surface area contributed by atoms with Crippen molar-refractivity contribution >= 4 is 0 Å². The Bertz CT molecular complexity index is 220. The van der Waals surface area contributed by atoms with Crippen LogP contribution in [0.15, 0.2) is 16.3 Å². The molecule has 1 atom stereocenters. The molecule has 0 unspecified atom stereocenters. The number of nitrogens with zero attached hydrogens (tertiary/aromatic N) is 1. The molecule has 0 saturated heterocycles. The minimum absolute atomic E-state index is 0.0989. The van der Waals surface area contributed by atoms with Gasteiger partial charge in [-0.15, -0.1) is 0 Å². The lowest BCUT2D eigenvalue weighted by molar-refractivity contribution is 0.505. The Labute approximate surface area is 73.0 Å². The van der Waals surface area contributed by atoms with Crippen LogP contribution in [0.3, 0.4) is 0 Å². The smallest absolute Gasteiger partial charge is 0.0959 e. The van der Waals surface area contributed by atoms with E-state index in [9.17, 15) is 4.91 Å². The van der Waals surface area contributed by atoms with Crippen LogP contribution in [0.2, 0.25) is 0 Å². The molecule has 66 valence electrons. The van der Waals surface area contributed by atoms with E-state index in [1.165, 1.54) is 25.7 Å². The highest BCUT2D eigenvalue weighted by Crippen LogP contribution is 2.36. The summed E-state index contributed by atoms with van der Waals surface area (Å²) in [5.74, 6) is 0. The van der Waals surface area contributed by atoms with Crippen molar-refractivity contribution in [3.63, 3.8) is 0 Å². The predicted octanol–water partition coefficient (Wildman–Crippen LogP) is 3.18. The van der Waals surface area contributed by atoms with Gasteiger partial charge in [-0.2, -0.15) is 4.91 Å². The predicted molar refractivity (Wildman–Crippen MR) is 48.9 cm³/mol. The van der Waals surface area contributed by atoms with Gasteiger partial charge in [0.25, 0.3) is 0 Å². The lowest BCUT2D eigenvalue weighted by Gasteiger charge is -2.26. The molecule has 0 fully saturated rings. The molecule has 0 aliphatic heterocycles. The third kappa shape index (κ3) is 1.43. The van der Waals surface area contributed by atoms with E-state index < -0.39 is 0 Å². The van der Waals surface area contributed by atoms with Crippen LogP contribution in [0.25, 0.3) is 0 Å². The Morgan fingerprint density at radius 1 is 1.08 bits per heavy atom. The molecule has 2 heteroatoms. The summed E-state index contributed by atoms with van der Waals surface area (Å²) in [7, 11) is 0. The first-order valence-electron chi connectivity index (χ1n) is 4.92. The van der Waals surface area contributed by atoms with Crippen LogP contribution in [-0.4, -0.2) is 6.04 Å². The van der Waals surface area contributed by atoms with Crippen molar-refractivity contribution in [3.05, 3.63) is 16.1 Å². The highest BCUT2D eigenvalue weighted by Gasteiger charge is 2.22. The topological polar surface area (TPSA) is 29.4 Å². The fourth-order valence-corrected chi connectivity index (χ4v) is 2.40. The molecule has 2 aliphatic carbocycles. The number of hydrogen-bond acceptors (Lipinski definition) is 2. The monoisotopic (exact) mass is 165 g/mol. The summed E-state index contributed by atoms with van der Waals surface area (Å²) in [6.07, 6.45) is 8.33. The van der Waals surface area contributed by atoms with Gasteiger partial charge in [0.05, 0.1) is 6.04 Å². The summed E-state index contributed by atoms with van der Waals surface area (Å²) in [5, 5.41) is 3.15. The van der Waals surface area contributed by atoms with E-state index in [0.29, 0.717) is 0 Å². The van der Waals surface area contributed by atoms with Crippen LogP contribution in [0, 0.1) is 4.91 Å².